The van der Waals surface area contributed by atoms with Crippen LogP contribution < -0.4 is 10.6 Å². The lowest BCUT2D eigenvalue weighted by atomic mass is 9.99. The Morgan fingerprint density at radius 2 is 1.61 bits per heavy atom. The van der Waals surface area contributed by atoms with E-state index in [9.17, 15) is 13.2 Å². The molecule has 148 valence electrons. The molecule has 6 heteroatoms. The van der Waals surface area contributed by atoms with Gasteiger partial charge in [0.25, 0.3) is 5.91 Å². The van der Waals surface area contributed by atoms with E-state index in [2.05, 4.69) is 10.6 Å². The summed E-state index contributed by atoms with van der Waals surface area (Å²) in [5.74, 6) is -0.158. The Morgan fingerprint density at radius 3 is 2.21 bits per heavy atom. The number of carbonyl (C=O) groups is 1. The van der Waals surface area contributed by atoms with Crippen molar-refractivity contribution < 1.29 is 13.2 Å². The molecule has 4 rings (SSSR count). The van der Waals surface area contributed by atoms with Gasteiger partial charge in [-0.25, -0.2) is 8.42 Å². The molecule has 28 heavy (non-hydrogen) atoms. The predicted octanol–water partition coefficient (Wildman–Crippen LogP) is 2.98. The number of sulfone groups is 1. The van der Waals surface area contributed by atoms with Crippen molar-refractivity contribution in [3.63, 3.8) is 0 Å². The van der Waals surface area contributed by atoms with Gasteiger partial charge in [-0.1, -0.05) is 29.8 Å². The van der Waals surface area contributed by atoms with Crippen molar-refractivity contribution in [1.29, 1.82) is 0 Å². The Labute approximate surface area is 166 Å². The lowest BCUT2D eigenvalue weighted by Gasteiger charge is -2.29. The van der Waals surface area contributed by atoms with Crippen LogP contribution in [0.4, 0.5) is 0 Å². The minimum atomic E-state index is -3.40. The summed E-state index contributed by atoms with van der Waals surface area (Å²) in [4.78, 5) is 12.9. The number of piperidine rings is 1. The summed E-state index contributed by atoms with van der Waals surface area (Å²) in [6, 6.07) is 15.0. The van der Waals surface area contributed by atoms with Crippen LogP contribution in [0.15, 0.2) is 53.4 Å². The standard InChI is InChI=1S/C22H26N2O3S/c1-15-2-10-21(11-3-15)28(26,27)14-16-4-6-17(7-5-16)22(25)24-20-12-18-8-9-19(13-20)23-18/h2-7,10-11,18-20,23H,8-9,12-14H2,1H3,(H,24,25). The van der Waals surface area contributed by atoms with Crippen molar-refractivity contribution in [2.75, 3.05) is 0 Å². The topological polar surface area (TPSA) is 75.3 Å². The maximum absolute atomic E-state index is 12.6. The van der Waals surface area contributed by atoms with Crippen LogP contribution >= 0.6 is 0 Å². The highest BCUT2D eigenvalue weighted by Crippen LogP contribution is 2.27. The third-order valence-electron chi connectivity index (χ3n) is 5.76. The van der Waals surface area contributed by atoms with E-state index in [4.69, 9.17) is 0 Å². The molecule has 2 bridgehead atoms. The van der Waals surface area contributed by atoms with Crippen LogP contribution in [0.2, 0.25) is 0 Å². The van der Waals surface area contributed by atoms with Crippen LogP contribution in [0.3, 0.4) is 0 Å². The molecular weight excluding hydrogens is 372 g/mol. The number of hydrogen-bond acceptors (Lipinski definition) is 4. The fourth-order valence-corrected chi connectivity index (χ4v) is 5.59. The maximum Gasteiger partial charge on any atom is 0.251 e. The first-order valence-electron chi connectivity index (χ1n) is 9.84. The second kappa shape index (κ2) is 7.68. The summed E-state index contributed by atoms with van der Waals surface area (Å²) in [5.41, 5.74) is 2.27. The number of amides is 1. The molecule has 0 radical (unpaired) electrons. The molecular formula is C22H26N2O3S. The van der Waals surface area contributed by atoms with Crippen LogP contribution in [-0.2, 0) is 15.6 Å². The smallest absolute Gasteiger partial charge is 0.251 e. The summed E-state index contributed by atoms with van der Waals surface area (Å²) in [6.45, 7) is 1.93. The Bertz CT molecular complexity index is 940. The minimum Gasteiger partial charge on any atom is -0.349 e. The Kier molecular flexibility index (Phi) is 5.25. The maximum atomic E-state index is 12.6. The molecule has 2 saturated heterocycles. The summed E-state index contributed by atoms with van der Waals surface area (Å²) in [6.07, 6.45) is 4.35. The average molecular weight is 399 g/mol. The van der Waals surface area contributed by atoms with Gasteiger partial charge < -0.3 is 10.6 Å². The van der Waals surface area contributed by atoms with Crippen molar-refractivity contribution in [2.24, 2.45) is 0 Å². The van der Waals surface area contributed by atoms with Crippen LogP contribution in [0.1, 0.15) is 47.2 Å². The van der Waals surface area contributed by atoms with Crippen LogP contribution in [0.5, 0.6) is 0 Å². The first kappa shape index (κ1) is 19.2. The molecule has 0 spiro atoms. The van der Waals surface area contributed by atoms with Crippen LogP contribution in [-0.4, -0.2) is 32.5 Å². The molecule has 2 aromatic carbocycles. The van der Waals surface area contributed by atoms with Gasteiger partial charge in [0.2, 0.25) is 0 Å². The van der Waals surface area contributed by atoms with E-state index in [1.807, 2.05) is 6.92 Å². The van der Waals surface area contributed by atoms with E-state index >= 15 is 0 Å². The lowest BCUT2D eigenvalue weighted by molar-refractivity contribution is 0.0924. The number of benzene rings is 2. The van der Waals surface area contributed by atoms with E-state index in [1.54, 1.807) is 48.5 Å². The molecule has 2 heterocycles. The summed E-state index contributed by atoms with van der Waals surface area (Å²) < 4.78 is 25.2. The summed E-state index contributed by atoms with van der Waals surface area (Å²) in [7, 11) is -3.40. The van der Waals surface area contributed by atoms with Gasteiger partial charge in [0.15, 0.2) is 9.84 Å². The predicted molar refractivity (Wildman–Crippen MR) is 109 cm³/mol. The molecule has 2 unspecified atom stereocenters. The quantitative estimate of drug-likeness (QED) is 0.812. The SMILES string of the molecule is Cc1ccc(S(=O)(=O)Cc2ccc(C(=O)NC3CC4CCC(C3)N4)cc2)cc1. The van der Waals surface area contributed by atoms with Gasteiger partial charge in [-0.2, -0.15) is 0 Å². The molecule has 2 N–H and O–H groups in total. The largest absolute Gasteiger partial charge is 0.349 e. The number of rotatable bonds is 5. The summed E-state index contributed by atoms with van der Waals surface area (Å²) >= 11 is 0. The van der Waals surface area contributed by atoms with Gasteiger partial charge in [-0.15, -0.1) is 0 Å². The monoisotopic (exact) mass is 398 g/mol. The molecule has 2 fully saturated rings. The number of nitrogens with one attached hydrogen (secondary N) is 2. The fraction of sp³-hybridized carbons (Fsp3) is 0.409. The molecule has 1 amide bonds. The highest BCUT2D eigenvalue weighted by Gasteiger charge is 2.34. The van der Waals surface area contributed by atoms with Crippen molar-refractivity contribution >= 4 is 15.7 Å². The molecule has 0 aliphatic carbocycles. The van der Waals surface area contributed by atoms with Gasteiger partial charge in [0.05, 0.1) is 10.6 Å². The molecule has 2 aliphatic rings. The van der Waals surface area contributed by atoms with Crippen molar-refractivity contribution in [3.05, 3.63) is 65.2 Å². The molecule has 2 aromatic rings. The second-order valence-electron chi connectivity index (χ2n) is 8.05. The minimum absolute atomic E-state index is 0.0738. The first-order chi connectivity index (χ1) is 13.4. The van der Waals surface area contributed by atoms with Crippen LogP contribution in [0, 0.1) is 6.92 Å². The normalized spacial score (nSPS) is 24.1. The zero-order valence-corrected chi connectivity index (χ0v) is 16.8. The highest BCUT2D eigenvalue weighted by molar-refractivity contribution is 7.90. The zero-order valence-electron chi connectivity index (χ0n) is 16.0. The average Bonchev–Trinajstić information content (AvgIpc) is 3.00. The highest BCUT2D eigenvalue weighted by atomic mass is 32.2. The van der Waals surface area contributed by atoms with E-state index in [0.29, 0.717) is 28.1 Å². The number of hydrogen-bond donors (Lipinski definition) is 2. The second-order valence-corrected chi connectivity index (χ2v) is 10.0. The number of fused-ring (bicyclic) bond motifs is 2. The Morgan fingerprint density at radius 1 is 1.00 bits per heavy atom. The van der Waals surface area contributed by atoms with E-state index in [-0.39, 0.29) is 17.7 Å². The Hall–Kier alpha value is -2.18. The van der Waals surface area contributed by atoms with Crippen LogP contribution in [0.25, 0.3) is 0 Å². The van der Waals surface area contributed by atoms with Gasteiger partial charge >= 0.3 is 0 Å². The van der Waals surface area contributed by atoms with Gasteiger partial charge in [-0.05, 0) is 62.4 Å². The molecule has 5 nitrogen and oxygen atoms in total. The Balaban J connectivity index is 1.39. The van der Waals surface area contributed by atoms with Crippen molar-refractivity contribution in [1.82, 2.24) is 10.6 Å². The third-order valence-corrected chi connectivity index (χ3v) is 7.46. The molecule has 0 aromatic heterocycles. The zero-order chi connectivity index (χ0) is 19.7. The van der Waals surface area contributed by atoms with Gasteiger partial charge in [0, 0.05) is 23.7 Å². The third kappa shape index (κ3) is 4.28. The summed E-state index contributed by atoms with van der Waals surface area (Å²) in [5, 5.41) is 6.71. The number of carbonyl (C=O) groups excluding carboxylic acids is 1. The molecule has 0 saturated carbocycles. The van der Waals surface area contributed by atoms with Crippen molar-refractivity contribution in [3.8, 4) is 0 Å². The fourth-order valence-electron chi connectivity index (χ4n) is 4.24. The lowest BCUT2D eigenvalue weighted by Crippen LogP contribution is -2.48. The van der Waals surface area contributed by atoms with Crippen molar-refractivity contribution in [2.45, 2.75) is 61.4 Å². The van der Waals surface area contributed by atoms with E-state index < -0.39 is 9.84 Å². The number of aryl methyl sites for hydroxylation is 1. The molecule has 2 aliphatic heterocycles. The van der Waals surface area contributed by atoms with E-state index in [0.717, 1.165) is 18.4 Å². The molecule has 2 atom stereocenters. The van der Waals surface area contributed by atoms with Gasteiger partial charge in [-0.3, -0.25) is 4.79 Å². The first-order valence-corrected chi connectivity index (χ1v) is 11.5. The van der Waals surface area contributed by atoms with Gasteiger partial charge in [0.1, 0.15) is 0 Å². The van der Waals surface area contributed by atoms with E-state index in [1.165, 1.54) is 12.8 Å².